The summed E-state index contributed by atoms with van der Waals surface area (Å²) in [6, 6.07) is 9.44. The fourth-order valence-corrected chi connectivity index (χ4v) is 3.52. The number of rotatable bonds is 4. The number of pyridine rings is 1. The summed E-state index contributed by atoms with van der Waals surface area (Å²) in [5.74, 6) is -0.574. The Kier molecular flexibility index (Phi) is 5.31. The maximum atomic E-state index is 12.5. The van der Waals surface area contributed by atoms with Gasteiger partial charge < -0.3 is 9.64 Å². The van der Waals surface area contributed by atoms with Crippen molar-refractivity contribution in [1.29, 1.82) is 0 Å². The Labute approximate surface area is 148 Å². The van der Waals surface area contributed by atoms with Gasteiger partial charge in [0.2, 0.25) is 0 Å². The number of fused-ring (bicyclic) bond motifs is 1. The Balaban J connectivity index is 1.72. The molecule has 25 heavy (non-hydrogen) atoms. The first-order valence-electron chi connectivity index (χ1n) is 8.93. The quantitative estimate of drug-likeness (QED) is 0.800. The van der Waals surface area contributed by atoms with Crippen molar-refractivity contribution in [2.24, 2.45) is 0 Å². The molecule has 0 N–H and O–H groups in total. The molecule has 1 atom stereocenters. The van der Waals surface area contributed by atoms with E-state index in [4.69, 9.17) is 4.74 Å². The number of hydrogen-bond acceptors (Lipinski definition) is 4. The number of aromatic nitrogens is 1. The van der Waals surface area contributed by atoms with E-state index in [-0.39, 0.29) is 18.6 Å². The summed E-state index contributed by atoms with van der Waals surface area (Å²) < 4.78 is 5.34. The normalized spacial score (nSPS) is 17.5. The van der Waals surface area contributed by atoms with Gasteiger partial charge in [-0.1, -0.05) is 25.1 Å². The van der Waals surface area contributed by atoms with Gasteiger partial charge in [-0.15, -0.1) is 0 Å². The molecule has 0 bridgehead atoms. The minimum Gasteiger partial charge on any atom is -0.452 e. The van der Waals surface area contributed by atoms with Gasteiger partial charge in [-0.05, 0) is 44.7 Å². The van der Waals surface area contributed by atoms with Gasteiger partial charge in [-0.2, -0.15) is 0 Å². The number of likely N-dealkylation sites (tertiary alicyclic amines) is 1. The van der Waals surface area contributed by atoms with Crippen molar-refractivity contribution < 1.29 is 14.3 Å². The van der Waals surface area contributed by atoms with Crippen molar-refractivity contribution in [3.8, 4) is 0 Å². The third-order valence-corrected chi connectivity index (χ3v) is 4.81. The average molecular weight is 340 g/mol. The average Bonchev–Trinajstić information content (AvgIpc) is 2.65. The molecule has 2 heterocycles. The second-order valence-corrected chi connectivity index (χ2v) is 6.55. The molecular weight excluding hydrogens is 316 g/mol. The summed E-state index contributed by atoms with van der Waals surface area (Å²) in [5.41, 5.74) is 1.96. The van der Waals surface area contributed by atoms with Crippen molar-refractivity contribution in [1.82, 2.24) is 9.88 Å². The second-order valence-electron chi connectivity index (χ2n) is 6.55. The lowest BCUT2D eigenvalue weighted by Crippen LogP contribution is -2.45. The molecular formula is C20H24N2O3. The summed E-state index contributed by atoms with van der Waals surface area (Å²) in [6.07, 6.45) is 4.15. The number of nitrogens with zero attached hydrogens (tertiary/aromatic N) is 2. The van der Waals surface area contributed by atoms with Crippen LogP contribution in [0.25, 0.3) is 10.9 Å². The summed E-state index contributed by atoms with van der Waals surface area (Å²) in [7, 11) is 0. The van der Waals surface area contributed by atoms with E-state index in [1.165, 1.54) is 0 Å². The Hall–Kier alpha value is -2.43. The number of esters is 1. The topological polar surface area (TPSA) is 59.5 Å². The van der Waals surface area contributed by atoms with Gasteiger partial charge in [0, 0.05) is 23.7 Å². The largest absolute Gasteiger partial charge is 0.452 e. The number of piperidine rings is 1. The number of hydrogen-bond donors (Lipinski definition) is 0. The molecule has 1 amide bonds. The van der Waals surface area contributed by atoms with E-state index < -0.39 is 5.97 Å². The Morgan fingerprint density at radius 1 is 1.28 bits per heavy atom. The second kappa shape index (κ2) is 7.64. The van der Waals surface area contributed by atoms with Crippen LogP contribution in [0.2, 0.25) is 0 Å². The van der Waals surface area contributed by atoms with Crippen LogP contribution in [-0.2, 0) is 9.53 Å². The van der Waals surface area contributed by atoms with E-state index >= 15 is 0 Å². The maximum Gasteiger partial charge on any atom is 0.339 e. The van der Waals surface area contributed by atoms with Crippen molar-refractivity contribution in [2.75, 3.05) is 13.2 Å². The molecule has 0 spiro atoms. The summed E-state index contributed by atoms with van der Waals surface area (Å²) in [5, 5.41) is 0.745. The predicted octanol–water partition coefficient (Wildman–Crippen LogP) is 3.49. The summed E-state index contributed by atoms with van der Waals surface area (Å²) >= 11 is 0. The molecule has 2 aromatic rings. The molecule has 1 fully saturated rings. The number of amides is 1. The van der Waals surface area contributed by atoms with Gasteiger partial charge >= 0.3 is 5.97 Å². The zero-order valence-electron chi connectivity index (χ0n) is 14.8. The number of aryl methyl sites for hydroxylation is 1. The van der Waals surface area contributed by atoms with E-state index in [9.17, 15) is 9.59 Å². The van der Waals surface area contributed by atoms with Gasteiger partial charge in [-0.3, -0.25) is 9.78 Å². The smallest absolute Gasteiger partial charge is 0.339 e. The molecule has 3 rings (SSSR count). The number of para-hydroxylation sites is 1. The highest BCUT2D eigenvalue weighted by molar-refractivity contribution is 6.04. The Bertz CT molecular complexity index is 788. The van der Waals surface area contributed by atoms with Crippen molar-refractivity contribution >= 4 is 22.8 Å². The van der Waals surface area contributed by atoms with Crippen molar-refractivity contribution in [2.45, 2.75) is 45.6 Å². The fourth-order valence-electron chi connectivity index (χ4n) is 3.52. The van der Waals surface area contributed by atoms with Crippen molar-refractivity contribution in [3.05, 3.63) is 41.6 Å². The SMILES string of the molecule is CC[C@H]1CCCCN1C(=O)COC(=O)c1cc(C)nc2ccccc12. The van der Waals surface area contributed by atoms with Crippen LogP contribution in [0.1, 0.15) is 48.7 Å². The van der Waals surface area contributed by atoms with E-state index in [1.807, 2.05) is 36.1 Å². The van der Waals surface area contributed by atoms with Crippen LogP contribution in [0.15, 0.2) is 30.3 Å². The monoisotopic (exact) mass is 340 g/mol. The minimum absolute atomic E-state index is 0.102. The van der Waals surface area contributed by atoms with Crippen LogP contribution in [0.5, 0.6) is 0 Å². The van der Waals surface area contributed by atoms with Gasteiger partial charge in [0.1, 0.15) is 0 Å². The molecule has 5 nitrogen and oxygen atoms in total. The van der Waals surface area contributed by atoms with Crippen LogP contribution < -0.4 is 0 Å². The molecule has 1 aliphatic heterocycles. The molecule has 132 valence electrons. The van der Waals surface area contributed by atoms with E-state index in [0.717, 1.165) is 48.8 Å². The molecule has 0 aliphatic carbocycles. The van der Waals surface area contributed by atoms with Crippen LogP contribution in [-0.4, -0.2) is 41.0 Å². The first kappa shape index (κ1) is 17.4. The van der Waals surface area contributed by atoms with Crippen LogP contribution in [0.4, 0.5) is 0 Å². The van der Waals surface area contributed by atoms with E-state index in [1.54, 1.807) is 6.07 Å². The summed E-state index contributed by atoms with van der Waals surface area (Å²) in [6.45, 7) is 4.49. The van der Waals surface area contributed by atoms with Gasteiger partial charge in [0.05, 0.1) is 11.1 Å². The molecule has 5 heteroatoms. The first-order chi connectivity index (χ1) is 12.1. The Morgan fingerprint density at radius 3 is 2.88 bits per heavy atom. The molecule has 1 saturated heterocycles. The fraction of sp³-hybridized carbons (Fsp3) is 0.450. The zero-order valence-corrected chi connectivity index (χ0v) is 14.8. The summed E-state index contributed by atoms with van der Waals surface area (Å²) in [4.78, 5) is 31.3. The van der Waals surface area contributed by atoms with Crippen LogP contribution >= 0.6 is 0 Å². The van der Waals surface area contributed by atoms with Crippen LogP contribution in [0.3, 0.4) is 0 Å². The number of ether oxygens (including phenoxy) is 1. The standard InChI is InChI=1S/C20H24N2O3/c1-3-15-8-6-7-11-22(15)19(23)13-25-20(24)17-12-14(2)21-18-10-5-4-9-16(17)18/h4-5,9-10,12,15H,3,6-8,11,13H2,1-2H3/t15-/m0/s1. The molecule has 1 aliphatic rings. The van der Waals surface area contributed by atoms with Crippen molar-refractivity contribution in [3.63, 3.8) is 0 Å². The number of benzene rings is 1. The number of carbonyl (C=O) groups is 2. The third kappa shape index (κ3) is 3.81. The number of carbonyl (C=O) groups excluding carboxylic acids is 2. The van der Waals surface area contributed by atoms with E-state index in [0.29, 0.717) is 5.56 Å². The van der Waals surface area contributed by atoms with Gasteiger partial charge in [-0.25, -0.2) is 4.79 Å². The molecule has 0 radical (unpaired) electrons. The Morgan fingerprint density at radius 2 is 2.08 bits per heavy atom. The van der Waals surface area contributed by atoms with Crippen LogP contribution in [0, 0.1) is 6.92 Å². The predicted molar refractivity (Wildman–Crippen MR) is 96.4 cm³/mol. The highest BCUT2D eigenvalue weighted by Gasteiger charge is 2.26. The molecule has 0 unspecified atom stereocenters. The minimum atomic E-state index is -0.472. The maximum absolute atomic E-state index is 12.5. The zero-order chi connectivity index (χ0) is 17.8. The first-order valence-corrected chi connectivity index (χ1v) is 8.93. The highest BCUT2D eigenvalue weighted by atomic mass is 16.5. The lowest BCUT2D eigenvalue weighted by Gasteiger charge is -2.35. The van der Waals surface area contributed by atoms with Gasteiger partial charge in [0.25, 0.3) is 5.91 Å². The third-order valence-electron chi connectivity index (χ3n) is 4.81. The van der Waals surface area contributed by atoms with E-state index in [2.05, 4.69) is 11.9 Å². The lowest BCUT2D eigenvalue weighted by atomic mass is 10.00. The molecule has 0 saturated carbocycles. The molecule has 1 aromatic carbocycles. The lowest BCUT2D eigenvalue weighted by molar-refractivity contribution is -0.138. The van der Waals surface area contributed by atoms with Gasteiger partial charge in [0.15, 0.2) is 6.61 Å². The highest BCUT2D eigenvalue weighted by Crippen LogP contribution is 2.21. The molecule has 1 aromatic heterocycles.